The van der Waals surface area contributed by atoms with Crippen molar-refractivity contribution in [1.82, 2.24) is 14.6 Å². The summed E-state index contributed by atoms with van der Waals surface area (Å²) in [5.41, 5.74) is 2.63. The lowest BCUT2D eigenvalue weighted by molar-refractivity contribution is -0.142. The van der Waals surface area contributed by atoms with E-state index in [9.17, 15) is 18.0 Å². The number of carbonyl (C=O) groups excluding carboxylic acids is 2. The molecule has 0 saturated carbocycles. The largest absolute Gasteiger partial charge is 0.495 e. The molecule has 9 nitrogen and oxygen atoms in total. The lowest BCUT2D eigenvalue weighted by Crippen LogP contribution is -2.43. The van der Waals surface area contributed by atoms with E-state index in [-0.39, 0.29) is 35.7 Å². The number of carbonyl (C=O) groups is 2. The number of aromatic nitrogens is 1. The van der Waals surface area contributed by atoms with E-state index in [1.165, 1.54) is 36.7 Å². The molecule has 204 valence electrons. The van der Waals surface area contributed by atoms with Crippen LogP contribution >= 0.6 is 0 Å². The molecule has 1 amide bonds. The standard InChI is InChI=1S/C29H31N3O6S/c1-4-32(19-20-10-6-5-7-11-20)39(35,36)27-17-21(14-15-26(27)37-2)28(33)31-25(29(34)38-3)16-22-18-30-24-13-9-8-12-23(22)24/h5-15,17-18,25,30H,4,16,19H2,1-3H3,(H,31,33). The number of amides is 1. The van der Waals surface area contributed by atoms with Crippen LogP contribution in [0.25, 0.3) is 10.9 Å². The first-order valence-corrected chi connectivity index (χ1v) is 13.9. The first-order chi connectivity index (χ1) is 18.8. The minimum atomic E-state index is -4.03. The van der Waals surface area contributed by atoms with Gasteiger partial charge >= 0.3 is 5.97 Å². The van der Waals surface area contributed by atoms with Gasteiger partial charge in [-0.25, -0.2) is 13.2 Å². The Morgan fingerprint density at radius 2 is 1.72 bits per heavy atom. The molecule has 1 aromatic heterocycles. The van der Waals surface area contributed by atoms with Crippen LogP contribution in [-0.4, -0.2) is 56.4 Å². The van der Waals surface area contributed by atoms with Crippen LogP contribution in [0.15, 0.2) is 83.9 Å². The van der Waals surface area contributed by atoms with E-state index in [0.717, 1.165) is 22.0 Å². The number of nitrogens with zero attached hydrogens (tertiary/aromatic N) is 1. The topological polar surface area (TPSA) is 118 Å². The van der Waals surface area contributed by atoms with Crippen molar-refractivity contribution in [1.29, 1.82) is 0 Å². The fraction of sp³-hybridized carbons (Fsp3) is 0.241. The summed E-state index contributed by atoms with van der Waals surface area (Å²) in [4.78, 5) is 28.9. The van der Waals surface area contributed by atoms with Crippen molar-refractivity contribution in [2.45, 2.75) is 30.8 Å². The Bertz CT molecular complexity index is 1570. The molecule has 0 bridgehead atoms. The Morgan fingerprint density at radius 1 is 1.00 bits per heavy atom. The minimum absolute atomic E-state index is 0.0676. The highest BCUT2D eigenvalue weighted by Crippen LogP contribution is 2.29. The second kappa shape index (κ2) is 12.1. The second-order valence-corrected chi connectivity index (χ2v) is 10.8. The third-order valence-electron chi connectivity index (χ3n) is 6.49. The Balaban J connectivity index is 1.62. The van der Waals surface area contributed by atoms with Gasteiger partial charge in [0.1, 0.15) is 16.7 Å². The number of para-hydroxylation sites is 1. The number of esters is 1. The Hall–Kier alpha value is -4.15. The molecule has 0 fully saturated rings. The molecule has 10 heteroatoms. The predicted octanol–water partition coefficient (Wildman–Crippen LogP) is 3.90. The van der Waals surface area contributed by atoms with Crippen molar-refractivity contribution >= 4 is 32.8 Å². The van der Waals surface area contributed by atoms with Crippen LogP contribution in [0.3, 0.4) is 0 Å². The lowest BCUT2D eigenvalue weighted by Gasteiger charge is -2.22. The summed E-state index contributed by atoms with van der Waals surface area (Å²) in [5.74, 6) is -1.12. The van der Waals surface area contributed by atoms with Gasteiger partial charge in [0.05, 0.1) is 14.2 Å². The number of ether oxygens (including phenoxy) is 2. The number of rotatable bonds is 11. The van der Waals surface area contributed by atoms with Crippen molar-refractivity contribution in [3.8, 4) is 5.75 Å². The summed E-state index contributed by atoms with van der Waals surface area (Å²) in [7, 11) is -1.41. The number of fused-ring (bicyclic) bond motifs is 1. The summed E-state index contributed by atoms with van der Waals surface area (Å²) in [6, 6.07) is 20.1. The van der Waals surface area contributed by atoms with Gasteiger partial charge in [0.25, 0.3) is 5.91 Å². The van der Waals surface area contributed by atoms with Gasteiger partial charge < -0.3 is 19.8 Å². The van der Waals surface area contributed by atoms with Gasteiger partial charge in [-0.15, -0.1) is 0 Å². The number of sulfonamides is 1. The average molecular weight is 550 g/mol. The van der Waals surface area contributed by atoms with Crippen LogP contribution in [0, 0.1) is 0 Å². The highest BCUT2D eigenvalue weighted by molar-refractivity contribution is 7.89. The fourth-order valence-electron chi connectivity index (χ4n) is 4.41. The molecule has 39 heavy (non-hydrogen) atoms. The number of nitrogens with one attached hydrogen (secondary N) is 2. The zero-order valence-electron chi connectivity index (χ0n) is 22.0. The van der Waals surface area contributed by atoms with E-state index >= 15 is 0 Å². The van der Waals surface area contributed by atoms with E-state index in [2.05, 4.69) is 10.3 Å². The van der Waals surface area contributed by atoms with E-state index in [1.54, 1.807) is 13.1 Å². The molecule has 1 unspecified atom stereocenters. The predicted molar refractivity (Wildman–Crippen MR) is 148 cm³/mol. The van der Waals surface area contributed by atoms with Crippen molar-refractivity contribution in [3.05, 3.63) is 95.7 Å². The summed E-state index contributed by atoms with van der Waals surface area (Å²) in [6.07, 6.45) is 1.97. The summed E-state index contributed by atoms with van der Waals surface area (Å²) < 4.78 is 38.9. The summed E-state index contributed by atoms with van der Waals surface area (Å²) in [5, 5.41) is 3.64. The second-order valence-electron chi connectivity index (χ2n) is 8.90. The van der Waals surface area contributed by atoms with Gasteiger partial charge in [-0.3, -0.25) is 4.79 Å². The van der Waals surface area contributed by atoms with Crippen LogP contribution in [0.1, 0.15) is 28.4 Å². The van der Waals surface area contributed by atoms with Crippen molar-refractivity contribution < 1.29 is 27.5 Å². The van der Waals surface area contributed by atoms with E-state index in [1.807, 2.05) is 54.6 Å². The highest BCUT2D eigenvalue weighted by Gasteiger charge is 2.29. The van der Waals surface area contributed by atoms with Crippen LogP contribution < -0.4 is 10.1 Å². The fourth-order valence-corrected chi connectivity index (χ4v) is 6.03. The normalized spacial score (nSPS) is 12.3. The molecule has 0 aliphatic rings. The van der Waals surface area contributed by atoms with Gasteiger partial charge in [-0.05, 0) is 35.4 Å². The van der Waals surface area contributed by atoms with Crippen molar-refractivity contribution in [3.63, 3.8) is 0 Å². The quantitative estimate of drug-likeness (QED) is 0.274. The van der Waals surface area contributed by atoms with Gasteiger partial charge in [0.15, 0.2) is 0 Å². The molecule has 1 atom stereocenters. The van der Waals surface area contributed by atoms with Gasteiger partial charge in [-0.1, -0.05) is 55.5 Å². The first kappa shape index (κ1) is 27.9. The maximum Gasteiger partial charge on any atom is 0.328 e. The molecule has 4 rings (SSSR count). The Morgan fingerprint density at radius 3 is 2.41 bits per heavy atom. The third kappa shape index (κ3) is 6.13. The number of benzene rings is 3. The zero-order chi connectivity index (χ0) is 28.0. The van der Waals surface area contributed by atoms with Gasteiger partial charge in [0.2, 0.25) is 10.0 Å². The average Bonchev–Trinajstić information content (AvgIpc) is 3.37. The van der Waals surface area contributed by atoms with Gasteiger partial charge in [0, 0.05) is 42.2 Å². The van der Waals surface area contributed by atoms with Gasteiger partial charge in [-0.2, -0.15) is 4.31 Å². The molecule has 1 heterocycles. The Labute approximate surface area is 227 Å². The minimum Gasteiger partial charge on any atom is -0.495 e. The zero-order valence-corrected chi connectivity index (χ0v) is 22.8. The number of H-pyrrole nitrogens is 1. The Kier molecular flexibility index (Phi) is 8.68. The number of hydrogen-bond acceptors (Lipinski definition) is 6. The van der Waals surface area contributed by atoms with Crippen LogP contribution in [-0.2, 0) is 32.5 Å². The monoisotopic (exact) mass is 549 g/mol. The van der Waals surface area contributed by atoms with Crippen molar-refractivity contribution in [2.75, 3.05) is 20.8 Å². The molecule has 2 N–H and O–H groups in total. The molecule has 0 aliphatic heterocycles. The summed E-state index contributed by atoms with van der Waals surface area (Å²) in [6.45, 7) is 2.12. The molecular formula is C29H31N3O6S. The number of aromatic amines is 1. The third-order valence-corrected chi connectivity index (χ3v) is 8.43. The number of methoxy groups -OCH3 is 2. The smallest absolute Gasteiger partial charge is 0.328 e. The molecule has 0 aliphatic carbocycles. The van der Waals surface area contributed by atoms with E-state index < -0.39 is 27.9 Å². The molecular weight excluding hydrogens is 518 g/mol. The molecule has 3 aromatic carbocycles. The van der Waals surface area contributed by atoms with Crippen LogP contribution in [0.4, 0.5) is 0 Å². The van der Waals surface area contributed by atoms with Crippen LogP contribution in [0.2, 0.25) is 0 Å². The highest BCUT2D eigenvalue weighted by atomic mass is 32.2. The number of hydrogen-bond donors (Lipinski definition) is 2. The SMILES string of the molecule is CCN(Cc1ccccc1)S(=O)(=O)c1cc(C(=O)NC(Cc2c[nH]c3ccccc23)C(=O)OC)ccc1OC. The van der Waals surface area contributed by atoms with Crippen molar-refractivity contribution in [2.24, 2.45) is 0 Å². The summed E-state index contributed by atoms with van der Waals surface area (Å²) >= 11 is 0. The van der Waals surface area contributed by atoms with Crippen LogP contribution in [0.5, 0.6) is 5.75 Å². The molecule has 0 radical (unpaired) electrons. The molecule has 4 aromatic rings. The first-order valence-electron chi connectivity index (χ1n) is 12.4. The lowest BCUT2D eigenvalue weighted by atomic mass is 10.0. The maximum atomic E-state index is 13.7. The van der Waals surface area contributed by atoms with E-state index in [4.69, 9.17) is 9.47 Å². The van der Waals surface area contributed by atoms with E-state index in [0.29, 0.717) is 0 Å². The molecule has 0 spiro atoms. The maximum absolute atomic E-state index is 13.7. The molecule has 0 saturated heterocycles.